The highest BCUT2D eigenvalue weighted by molar-refractivity contribution is 7.09. The summed E-state index contributed by atoms with van der Waals surface area (Å²) in [5.41, 5.74) is 6.51. The van der Waals surface area contributed by atoms with E-state index in [1.807, 2.05) is 12.1 Å². The van der Waals surface area contributed by atoms with Gasteiger partial charge in [0, 0.05) is 23.5 Å². The summed E-state index contributed by atoms with van der Waals surface area (Å²) in [4.78, 5) is 5.58. The second-order valence-electron chi connectivity index (χ2n) is 3.77. The lowest BCUT2D eigenvalue weighted by Crippen LogP contribution is -2.19. The number of nitrogens with two attached hydrogens (primary N) is 1. The second kappa shape index (κ2) is 4.99. The fourth-order valence-corrected chi connectivity index (χ4v) is 2.39. The van der Waals surface area contributed by atoms with Gasteiger partial charge in [-0.05, 0) is 30.5 Å². The van der Waals surface area contributed by atoms with Crippen molar-refractivity contribution in [1.29, 1.82) is 0 Å². The summed E-state index contributed by atoms with van der Waals surface area (Å²) in [6.07, 6.45) is 2.74. The number of rotatable bonds is 4. The van der Waals surface area contributed by atoms with Gasteiger partial charge < -0.3 is 11.1 Å². The molecular formula is C12H15N3S. The lowest BCUT2D eigenvalue weighted by Gasteiger charge is -2.14. The summed E-state index contributed by atoms with van der Waals surface area (Å²) >= 11 is 1.77. The van der Waals surface area contributed by atoms with Crippen LogP contribution in [-0.2, 0) is 6.42 Å². The number of hydrogen-bond donors (Lipinski definition) is 2. The van der Waals surface area contributed by atoms with Crippen molar-refractivity contribution in [3.63, 3.8) is 0 Å². The molecule has 0 saturated carbocycles. The fraction of sp³-hybridized carbons (Fsp3) is 0.250. The number of hydrogen-bond acceptors (Lipinski definition) is 4. The molecule has 0 radical (unpaired) electrons. The van der Waals surface area contributed by atoms with Gasteiger partial charge in [-0.3, -0.25) is 0 Å². The molecule has 1 atom stereocenters. The summed E-state index contributed by atoms with van der Waals surface area (Å²) in [5, 5.41) is 5.41. The lowest BCUT2D eigenvalue weighted by molar-refractivity contribution is 0.795. The van der Waals surface area contributed by atoms with Crippen LogP contribution in [-0.4, -0.2) is 11.0 Å². The van der Waals surface area contributed by atoms with Crippen LogP contribution >= 0.6 is 11.3 Å². The molecule has 0 amide bonds. The highest BCUT2D eigenvalue weighted by Gasteiger charge is 2.06. The summed E-state index contributed by atoms with van der Waals surface area (Å²) in [6.45, 7) is 2.13. The largest absolute Gasteiger partial charge is 0.396 e. The van der Waals surface area contributed by atoms with E-state index >= 15 is 0 Å². The van der Waals surface area contributed by atoms with E-state index in [9.17, 15) is 0 Å². The molecular weight excluding hydrogens is 218 g/mol. The van der Waals surface area contributed by atoms with Gasteiger partial charge in [-0.25, -0.2) is 4.98 Å². The second-order valence-corrected chi connectivity index (χ2v) is 4.80. The predicted octanol–water partition coefficient (Wildman–Crippen LogP) is 2.77. The molecule has 3 nitrogen and oxygen atoms in total. The quantitative estimate of drug-likeness (QED) is 0.853. The fourth-order valence-electron chi connectivity index (χ4n) is 1.55. The van der Waals surface area contributed by atoms with Crippen LogP contribution in [0.3, 0.4) is 0 Å². The standard InChI is InChI=1S/C12H15N3S/c1-9(8-10-4-3-7-16-10)15-12-11(13)5-2-6-14-12/h2-7,9H,8,13H2,1H3,(H,14,15). The van der Waals surface area contributed by atoms with Gasteiger partial charge >= 0.3 is 0 Å². The van der Waals surface area contributed by atoms with Crippen LogP contribution in [0.1, 0.15) is 11.8 Å². The Labute approximate surface area is 99.3 Å². The molecule has 16 heavy (non-hydrogen) atoms. The maximum absolute atomic E-state index is 5.82. The molecule has 0 spiro atoms. The van der Waals surface area contributed by atoms with Crippen LogP contribution in [0, 0.1) is 0 Å². The first-order valence-electron chi connectivity index (χ1n) is 5.25. The smallest absolute Gasteiger partial charge is 0.149 e. The van der Waals surface area contributed by atoms with Crippen molar-refractivity contribution in [2.24, 2.45) is 0 Å². The molecule has 0 aliphatic rings. The predicted molar refractivity (Wildman–Crippen MR) is 69.8 cm³/mol. The van der Waals surface area contributed by atoms with E-state index in [-0.39, 0.29) is 0 Å². The highest BCUT2D eigenvalue weighted by atomic mass is 32.1. The Morgan fingerprint density at radius 1 is 1.44 bits per heavy atom. The summed E-state index contributed by atoms with van der Waals surface area (Å²) in [7, 11) is 0. The number of anilines is 2. The van der Waals surface area contributed by atoms with Crippen LogP contribution in [0.25, 0.3) is 0 Å². The minimum absolute atomic E-state index is 0.329. The van der Waals surface area contributed by atoms with Gasteiger partial charge in [-0.2, -0.15) is 0 Å². The molecule has 0 aliphatic carbocycles. The molecule has 0 aliphatic heterocycles. The molecule has 2 heterocycles. The zero-order valence-electron chi connectivity index (χ0n) is 9.18. The highest BCUT2D eigenvalue weighted by Crippen LogP contribution is 2.17. The molecule has 84 valence electrons. The third-order valence-corrected chi connectivity index (χ3v) is 3.21. The van der Waals surface area contributed by atoms with E-state index in [1.54, 1.807) is 17.5 Å². The van der Waals surface area contributed by atoms with E-state index in [0.717, 1.165) is 12.2 Å². The average molecular weight is 233 g/mol. The van der Waals surface area contributed by atoms with Gasteiger partial charge in [-0.15, -0.1) is 11.3 Å². The summed E-state index contributed by atoms with van der Waals surface area (Å²) in [6, 6.07) is 8.24. The SMILES string of the molecule is CC(Cc1cccs1)Nc1ncccc1N. The number of nitrogen functional groups attached to an aromatic ring is 1. The third kappa shape index (κ3) is 2.73. The van der Waals surface area contributed by atoms with E-state index < -0.39 is 0 Å². The van der Waals surface area contributed by atoms with Gasteiger partial charge in [0.05, 0.1) is 5.69 Å². The number of aromatic nitrogens is 1. The van der Waals surface area contributed by atoms with E-state index in [1.165, 1.54) is 4.88 Å². The first kappa shape index (κ1) is 11.0. The van der Waals surface area contributed by atoms with Crippen molar-refractivity contribution >= 4 is 22.8 Å². The van der Waals surface area contributed by atoms with Crippen LogP contribution in [0.4, 0.5) is 11.5 Å². The van der Waals surface area contributed by atoms with Crippen LogP contribution in [0.5, 0.6) is 0 Å². The Kier molecular flexibility index (Phi) is 3.41. The molecule has 2 aromatic heterocycles. The van der Waals surface area contributed by atoms with Crippen molar-refractivity contribution in [3.05, 3.63) is 40.7 Å². The topological polar surface area (TPSA) is 50.9 Å². The van der Waals surface area contributed by atoms with Crippen molar-refractivity contribution in [1.82, 2.24) is 4.98 Å². The molecule has 2 rings (SSSR count). The van der Waals surface area contributed by atoms with Crippen molar-refractivity contribution in [2.45, 2.75) is 19.4 Å². The molecule has 0 saturated heterocycles. The first-order valence-corrected chi connectivity index (χ1v) is 6.13. The molecule has 4 heteroatoms. The Morgan fingerprint density at radius 2 is 2.31 bits per heavy atom. The average Bonchev–Trinajstić information content (AvgIpc) is 2.74. The Morgan fingerprint density at radius 3 is 3.00 bits per heavy atom. The summed E-state index contributed by atoms with van der Waals surface area (Å²) < 4.78 is 0. The number of nitrogens with one attached hydrogen (secondary N) is 1. The maximum atomic E-state index is 5.82. The summed E-state index contributed by atoms with van der Waals surface area (Å²) in [5.74, 6) is 0.770. The van der Waals surface area contributed by atoms with Gasteiger partial charge in [0.25, 0.3) is 0 Å². The molecule has 2 aromatic rings. The molecule has 0 bridgehead atoms. The Hall–Kier alpha value is -1.55. The van der Waals surface area contributed by atoms with Crippen LogP contribution in [0.2, 0.25) is 0 Å². The van der Waals surface area contributed by atoms with Crippen molar-refractivity contribution in [2.75, 3.05) is 11.1 Å². The van der Waals surface area contributed by atoms with E-state index in [4.69, 9.17) is 5.73 Å². The van der Waals surface area contributed by atoms with Gasteiger partial charge in [0.1, 0.15) is 5.82 Å². The maximum Gasteiger partial charge on any atom is 0.149 e. The van der Waals surface area contributed by atoms with E-state index in [2.05, 4.69) is 34.7 Å². The molecule has 0 aromatic carbocycles. The minimum atomic E-state index is 0.329. The van der Waals surface area contributed by atoms with Crippen molar-refractivity contribution in [3.8, 4) is 0 Å². The third-order valence-electron chi connectivity index (χ3n) is 2.31. The van der Waals surface area contributed by atoms with Gasteiger partial charge in [0.15, 0.2) is 0 Å². The number of thiophene rings is 1. The zero-order chi connectivity index (χ0) is 11.4. The zero-order valence-corrected chi connectivity index (χ0v) is 10.00. The van der Waals surface area contributed by atoms with Crippen LogP contribution < -0.4 is 11.1 Å². The van der Waals surface area contributed by atoms with Gasteiger partial charge in [0.2, 0.25) is 0 Å². The molecule has 1 unspecified atom stereocenters. The van der Waals surface area contributed by atoms with Crippen molar-refractivity contribution < 1.29 is 0 Å². The van der Waals surface area contributed by atoms with Gasteiger partial charge in [-0.1, -0.05) is 6.07 Å². The van der Waals surface area contributed by atoms with E-state index in [0.29, 0.717) is 11.7 Å². The van der Waals surface area contributed by atoms with Crippen LogP contribution in [0.15, 0.2) is 35.8 Å². The minimum Gasteiger partial charge on any atom is -0.396 e. The normalized spacial score (nSPS) is 12.3. The monoisotopic (exact) mass is 233 g/mol. The lowest BCUT2D eigenvalue weighted by atomic mass is 10.2. The Bertz CT molecular complexity index is 439. The Balaban J connectivity index is 1.97. The molecule has 3 N–H and O–H groups in total. The first-order chi connectivity index (χ1) is 7.75. The number of pyridine rings is 1. The number of nitrogens with zero attached hydrogens (tertiary/aromatic N) is 1. The molecule has 0 fully saturated rings.